The van der Waals surface area contributed by atoms with Crippen LogP contribution >= 0.6 is 0 Å². The molecule has 0 saturated carbocycles. The molecule has 0 spiro atoms. The largest absolute Gasteiger partial charge is 0.504 e. The Bertz CT molecular complexity index is 528. The van der Waals surface area contributed by atoms with Crippen LogP contribution in [-0.4, -0.2) is 29.1 Å². The topological polar surface area (TPSA) is 64.8 Å². The molecule has 1 aliphatic heterocycles. The first-order valence-electron chi connectivity index (χ1n) is 6.20. The minimum absolute atomic E-state index is 0.122. The van der Waals surface area contributed by atoms with Gasteiger partial charge in [0, 0.05) is 29.7 Å². The van der Waals surface area contributed by atoms with E-state index in [2.05, 4.69) is 10.3 Å². The summed E-state index contributed by atoms with van der Waals surface area (Å²) in [7, 11) is 0. The van der Waals surface area contributed by atoms with Crippen molar-refractivity contribution in [3.05, 3.63) is 23.0 Å². The second kappa shape index (κ2) is 4.15. The van der Waals surface area contributed by atoms with Gasteiger partial charge in [-0.1, -0.05) is 0 Å². The number of nitrogens with zero attached hydrogens (tertiary/aromatic N) is 1. The fraction of sp³-hybridized carbons (Fsp3) is 0.462. The highest BCUT2D eigenvalue weighted by Crippen LogP contribution is 2.42. The summed E-state index contributed by atoms with van der Waals surface area (Å²) in [5, 5.41) is 22.5. The Morgan fingerprint density at radius 1 is 1.39 bits per heavy atom. The number of rotatable bonds is 1. The van der Waals surface area contributed by atoms with Crippen molar-refractivity contribution >= 4 is 5.84 Å². The van der Waals surface area contributed by atoms with E-state index in [1.807, 2.05) is 0 Å². The zero-order valence-corrected chi connectivity index (χ0v) is 9.91. The predicted molar refractivity (Wildman–Crippen MR) is 65.7 cm³/mol. The van der Waals surface area contributed by atoms with Gasteiger partial charge in [-0.2, -0.15) is 0 Å². The normalized spacial score (nSPS) is 22.3. The Morgan fingerprint density at radius 3 is 2.94 bits per heavy atom. The Morgan fingerprint density at radius 2 is 2.22 bits per heavy atom. The summed E-state index contributed by atoms with van der Waals surface area (Å²) < 4.78 is 14.1. The van der Waals surface area contributed by atoms with Crippen LogP contribution in [0.15, 0.2) is 11.1 Å². The summed E-state index contributed by atoms with van der Waals surface area (Å²) in [5.74, 6) is -0.341. The SMILES string of the molecule is Oc1cc(F)c2c(c1O)CCCC2C1=NCCN1. The van der Waals surface area contributed by atoms with Gasteiger partial charge in [-0.3, -0.25) is 4.99 Å². The van der Waals surface area contributed by atoms with E-state index in [-0.39, 0.29) is 17.4 Å². The van der Waals surface area contributed by atoms with E-state index in [9.17, 15) is 14.6 Å². The molecule has 1 aliphatic carbocycles. The van der Waals surface area contributed by atoms with Gasteiger partial charge in [0.2, 0.25) is 0 Å². The maximum absolute atomic E-state index is 14.1. The number of fused-ring (bicyclic) bond motifs is 1. The number of aliphatic imine (C=N–C) groups is 1. The molecule has 1 aromatic rings. The van der Waals surface area contributed by atoms with Crippen LogP contribution in [0, 0.1) is 5.82 Å². The average molecular weight is 250 g/mol. The molecule has 1 heterocycles. The molecule has 2 aliphatic rings. The van der Waals surface area contributed by atoms with Crippen molar-refractivity contribution < 1.29 is 14.6 Å². The molecule has 1 atom stereocenters. The highest BCUT2D eigenvalue weighted by Gasteiger charge is 2.31. The van der Waals surface area contributed by atoms with Gasteiger partial charge in [-0.05, 0) is 19.3 Å². The Kier molecular flexibility index (Phi) is 2.61. The third-order valence-corrected chi connectivity index (χ3v) is 3.67. The zero-order valence-electron chi connectivity index (χ0n) is 9.91. The highest BCUT2D eigenvalue weighted by atomic mass is 19.1. The molecule has 0 fully saturated rings. The van der Waals surface area contributed by atoms with Gasteiger partial charge < -0.3 is 15.5 Å². The lowest BCUT2D eigenvalue weighted by Crippen LogP contribution is -2.29. The molecule has 1 aromatic carbocycles. The molecule has 0 radical (unpaired) electrons. The monoisotopic (exact) mass is 250 g/mol. The van der Waals surface area contributed by atoms with Gasteiger partial charge in [0.15, 0.2) is 11.5 Å². The molecule has 0 aromatic heterocycles. The minimum atomic E-state index is -0.457. The van der Waals surface area contributed by atoms with Crippen molar-refractivity contribution in [3.8, 4) is 11.5 Å². The van der Waals surface area contributed by atoms with Crippen molar-refractivity contribution in [2.75, 3.05) is 13.1 Å². The van der Waals surface area contributed by atoms with E-state index in [0.29, 0.717) is 24.1 Å². The number of phenols is 2. The highest BCUT2D eigenvalue weighted by molar-refractivity contribution is 5.91. The van der Waals surface area contributed by atoms with Gasteiger partial charge in [0.25, 0.3) is 0 Å². The summed E-state index contributed by atoms with van der Waals surface area (Å²) in [5.41, 5.74) is 1.02. The standard InChI is InChI=1S/C13H15FN2O2/c14-9-6-10(17)12(18)7-2-1-3-8(11(7)9)13-15-4-5-16-13/h6,8,17-18H,1-5H2,(H,15,16). The van der Waals surface area contributed by atoms with E-state index in [4.69, 9.17) is 0 Å². The molecule has 5 heteroatoms. The van der Waals surface area contributed by atoms with Gasteiger partial charge in [0.1, 0.15) is 11.7 Å². The lowest BCUT2D eigenvalue weighted by Gasteiger charge is -2.27. The van der Waals surface area contributed by atoms with Crippen LogP contribution in [0.5, 0.6) is 11.5 Å². The number of amidine groups is 1. The summed E-state index contributed by atoms with van der Waals surface area (Å²) in [6.45, 7) is 1.50. The van der Waals surface area contributed by atoms with Crippen molar-refractivity contribution in [2.24, 2.45) is 4.99 Å². The first-order valence-corrected chi connectivity index (χ1v) is 6.20. The molecule has 1 unspecified atom stereocenters. The lowest BCUT2D eigenvalue weighted by atomic mass is 9.81. The first-order chi connectivity index (χ1) is 8.68. The third-order valence-electron chi connectivity index (χ3n) is 3.67. The fourth-order valence-corrected chi connectivity index (χ4v) is 2.87. The molecule has 0 saturated heterocycles. The third kappa shape index (κ3) is 1.62. The van der Waals surface area contributed by atoms with Crippen LogP contribution < -0.4 is 5.32 Å². The summed E-state index contributed by atoms with van der Waals surface area (Å²) in [6.07, 6.45) is 2.27. The fourth-order valence-electron chi connectivity index (χ4n) is 2.87. The Hall–Kier alpha value is -1.78. The molecule has 18 heavy (non-hydrogen) atoms. The van der Waals surface area contributed by atoms with E-state index in [1.165, 1.54) is 0 Å². The molecule has 0 bridgehead atoms. The van der Waals surface area contributed by atoms with Gasteiger partial charge in [-0.15, -0.1) is 0 Å². The van der Waals surface area contributed by atoms with Crippen LogP contribution in [0.4, 0.5) is 4.39 Å². The van der Waals surface area contributed by atoms with Crippen molar-refractivity contribution in [1.82, 2.24) is 5.32 Å². The number of halogens is 1. The van der Waals surface area contributed by atoms with Crippen molar-refractivity contribution in [3.63, 3.8) is 0 Å². The molecule has 3 N–H and O–H groups in total. The van der Waals surface area contributed by atoms with E-state index in [1.54, 1.807) is 0 Å². The maximum Gasteiger partial charge on any atom is 0.161 e. The predicted octanol–water partition coefficient (Wildman–Crippen LogP) is 1.66. The van der Waals surface area contributed by atoms with Crippen molar-refractivity contribution in [1.29, 1.82) is 0 Å². The summed E-state index contributed by atoms with van der Waals surface area (Å²) in [6, 6.07) is 0.988. The Balaban J connectivity index is 2.13. The van der Waals surface area contributed by atoms with Crippen LogP contribution in [0.1, 0.15) is 29.9 Å². The molecular formula is C13H15FN2O2. The number of phenolic OH excluding ortho intramolecular Hbond substituents is 2. The van der Waals surface area contributed by atoms with Crippen LogP contribution in [0.25, 0.3) is 0 Å². The van der Waals surface area contributed by atoms with E-state index in [0.717, 1.165) is 31.3 Å². The van der Waals surface area contributed by atoms with Crippen LogP contribution in [0.2, 0.25) is 0 Å². The van der Waals surface area contributed by atoms with Crippen LogP contribution in [0.3, 0.4) is 0 Å². The molecular weight excluding hydrogens is 235 g/mol. The van der Waals surface area contributed by atoms with Gasteiger partial charge in [-0.25, -0.2) is 4.39 Å². The lowest BCUT2D eigenvalue weighted by molar-refractivity contribution is 0.389. The molecule has 96 valence electrons. The molecule has 0 amide bonds. The molecule has 3 rings (SSSR count). The second-order valence-corrected chi connectivity index (χ2v) is 4.76. The van der Waals surface area contributed by atoms with E-state index < -0.39 is 5.82 Å². The molecule has 4 nitrogen and oxygen atoms in total. The number of aromatic hydroxyl groups is 2. The summed E-state index contributed by atoms with van der Waals surface area (Å²) in [4.78, 5) is 4.35. The van der Waals surface area contributed by atoms with Crippen molar-refractivity contribution in [2.45, 2.75) is 25.2 Å². The number of benzene rings is 1. The average Bonchev–Trinajstić information content (AvgIpc) is 2.89. The number of hydrogen-bond donors (Lipinski definition) is 3. The zero-order chi connectivity index (χ0) is 12.7. The van der Waals surface area contributed by atoms with Gasteiger partial charge >= 0.3 is 0 Å². The second-order valence-electron chi connectivity index (χ2n) is 4.76. The Labute approximate surface area is 104 Å². The smallest absolute Gasteiger partial charge is 0.161 e. The quantitative estimate of drug-likeness (QED) is 0.664. The maximum atomic E-state index is 14.1. The van der Waals surface area contributed by atoms with Gasteiger partial charge in [0.05, 0.1) is 6.54 Å². The number of hydrogen-bond acceptors (Lipinski definition) is 4. The number of nitrogens with one attached hydrogen (secondary N) is 1. The minimum Gasteiger partial charge on any atom is -0.504 e. The van der Waals surface area contributed by atoms with Crippen LogP contribution in [-0.2, 0) is 6.42 Å². The van der Waals surface area contributed by atoms with E-state index >= 15 is 0 Å². The first kappa shape index (κ1) is 11.3. The summed E-state index contributed by atoms with van der Waals surface area (Å²) >= 11 is 0.